The van der Waals surface area contributed by atoms with E-state index < -0.39 is 5.25 Å². The minimum Gasteiger partial charge on any atom is -0.325 e. The molecule has 1 unspecified atom stereocenters. The normalized spacial score (nSPS) is 11.9. The van der Waals surface area contributed by atoms with Gasteiger partial charge in [-0.25, -0.2) is 0 Å². The molecule has 0 aliphatic carbocycles. The molecule has 33 heavy (non-hydrogen) atoms. The fourth-order valence-corrected chi connectivity index (χ4v) is 4.35. The molecule has 0 aliphatic rings. The van der Waals surface area contributed by atoms with Crippen LogP contribution in [0.3, 0.4) is 0 Å². The van der Waals surface area contributed by atoms with Crippen LogP contribution in [0.1, 0.15) is 23.6 Å². The Bertz CT molecular complexity index is 1310. The van der Waals surface area contributed by atoms with Crippen molar-refractivity contribution < 1.29 is 4.79 Å². The van der Waals surface area contributed by atoms with Crippen molar-refractivity contribution in [3.63, 3.8) is 0 Å². The van der Waals surface area contributed by atoms with Crippen molar-refractivity contribution in [3.8, 4) is 17.1 Å². The van der Waals surface area contributed by atoms with Crippen molar-refractivity contribution in [3.05, 3.63) is 82.6 Å². The molecule has 0 radical (unpaired) electrons. The van der Waals surface area contributed by atoms with Crippen LogP contribution < -0.4 is 5.32 Å². The molecule has 2 heterocycles. The molecule has 2 aromatic heterocycles. The molecule has 2 aromatic carbocycles. The molecule has 0 bridgehead atoms. The van der Waals surface area contributed by atoms with Crippen molar-refractivity contribution in [1.29, 1.82) is 0 Å². The molecular formula is C25H24ClN5OS. The van der Waals surface area contributed by atoms with E-state index in [1.165, 1.54) is 22.9 Å². The number of carbonyl (C=O) groups excluding carboxylic acids is 1. The van der Waals surface area contributed by atoms with Crippen LogP contribution in [0, 0.1) is 20.8 Å². The molecule has 1 atom stereocenters. The summed E-state index contributed by atoms with van der Waals surface area (Å²) in [6.07, 6.45) is 3.45. The highest BCUT2D eigenvalue weighted by molar-refractivity contribution is 8.00. The van der Waals surface area contributed by atoms with Gasteiger partial charge in [0.1, 0.15) is 0 Å². The van der Waals surface area contributed by atoms with Gasteiger partial charge in [-0.3, -0.25) is 14.3 Å². The molecule has 0 saturated carbocycles. The van der Waals surface area contributed by atoms with Crippen LogP contribution in [-0.4, -0.2) is 30.9 Å². The third-order valence-corrected chi connectivity index (χ3v) is 6.71. The van der Waals surface area contributed by atoms with Gasteiger partial charge in [0.15, 0.2) is 11.0 Å². The molecule has 0 fully saturated rings. The molecule has 0 saturated heterocycles. The van der Waals surface area contributed by atoms with Crippen molar-refractivity contribution in [2.45, 2.75) is 38.1 Å². The molecule has 4 rings (SSSR count). The number of thioether (sulfide) groups is 1. The second-order valence-corrected chi connectivity index (χ2v) is 9.60. The highest BCUT2D eigenvalue weighted by Gasteiger charge is 2.22. The van der Waals surface area contributed by atoms with Gasteiger partial charge in [-0.2, -0.15) is 0 Å². The number of amides is 1. The number of carbonyl (C=O) groups is 1. The Morgan fingerprint density at radius 2 is 1.70 bits per heavy atom. The lowest BCUT2D eigenvalue weighted by Crippen LogP contribution is -2.23. The number of benzene rings is 2. The SMILES string of the molecule is Cc1ccc(-n2c(SC(C)C(=O)Nc3cc(Cl)ccc3C)nnc2-c2ccncc2)cc1C. The van der Waals surface area contributed by atoms with Crippen LogP contribution in [-0.2, 0) is 4.79 Å². The van der Waals surface area contributed by atoms with E-state index in [2.05, 4.69) is 46.5 Å². The smallest absolute Gasteiger partial charge is 0.237 e. The maximum absolute atomic E-state index is 13.0. The first-order valence-electron chi connectivity index (χ1n) is 10.5. The highest BCUT2D eigenvalue weighted by atomic mass is 35.5. The van der Waals surface area contributed by atoms with Crippen LogP contribution in [0.5, 0.6) is 0 Å². The molecule has 168 valence electrons. The van der Waals surface area contributed by atoms with Gasteiger partial charge in [0, 0.05) is 28.7 Å². The van der Waals surface area contributed by atoms with E-state index >= 15 is 0 Å². The first-order valence-corrected chi connectivity index (χ1v) is 11.8. The summed E-state index contributed by atoms with van der Waals surface area (Å²) >= 11 is 7.46. The minimum absolute atomic E-state index is 0.134. The van der Waals surface area contributed by atoms with E-state index in [9.17, 15) is 4.79 Å². The average molecular weight is 478 g/mol. The number of aromatic nitrogens is 4. The van der Waals surface area contributed by atoms with Gasteiger partial charge >= 0.3 is 0 Å². The lowest BCUT2D eigenvalue weighted by molar-refractivity contribution is -0.115. The van der Waals surface area contributed by atoms with E-state index in [4.69, 9.17) is 11.6 Å². The van der Waals surface area contributed by atoms with E-state index in [0.29, 0.717) is 21.7 Å². The number of hydrogen-bond acceptors (Lipinski definition) is 5. The monoisotopic (exact) mass is 477 g/mol. The molecule has 1 N–H and O–H groups in total. The van der Waals surface area contributed by atoms with Gasteiger partial charge < -0.3 is 5.32 Å². The fourth-order valence-electron chi connectivity index (χ4n) is 3.31. The summed E-state index contributed by atoms with van der Waals surface area (Å²) in [7, 11) is 0. The Morgan fingerprint density at radius 1 is 0.970 bits per heavy atom. The van der Waals surface area contributed by atoms with Crippen molar-refractivity contribution in [2.75, 3.05) is 5.32 Å². The Labute approximate surface area is 202 Å². The van der Waals surface area contributed by atoms with Gasteiger partial charge in [-0.15, -0.1) is 10.2 Å². The van der Waals surface area contributed by atoms with Crippen LogP contribution in [0.4, 0.5) is 5.69 Å². The number of pyridine rings is 1. The summed E-state index contributed by atoms with van der Waals surface area (Å²) in [5, 5.41) is 12.7. The molecular weight excluding hydrogens is 454 g/mol. The van der Waals surface area contributed by atoms with E-state index in [1.807, 2.05) is 42.7 Å². The average Bonchev–Trinajstić information content (AvgIpc) is 3.22. The highest BCUT2D eigenvalue weighted by Crippen LogP contribution is 2.31. The molecule has 1 amide bonds. The third-order valence-electron chi connectivity index (χ3n) is 5.43. The second-order valence-electron chi connectivity index (χ2n) is 7.85. The summed E-state index contributed by atoms with van der Waals surface area (Å²) in [4.78, 5) is 17.1. The zero-order valence-electron chi connectivity index (χ0n) is 18.8. The van der Waals surface area contributed by atoms with E-state index in [1.54, 1.807) is 24.5 Å². The minimum atomic E-state index is -0.414. The van der Waals surface area contributed by atoms with Crippen LogP contribution in [0.15, 0.2) is 66.1 Å². The predicted octanol–water partition coefficient (Wildman–Crippen LogP) is 6.03. The summed E-state index contributed by atoms with van der Waals surface area (Å²) in [6, 6.07) is 15.5. The molecule has 0 aliphatic heterocycles. The lowest BCUT2D eigenvalue weighted by Gasteiger charge is -2.15. The van der Waals surface area contributed by atoms with Crippen molar-refractivity contribution >= 4 is 35.0 Å². The summed E-state index contributed by atoms with van der Waals surface area (Å²) in [6.45, 7) is 7.94. The Hall–Kier alpha value is -3.16. The maximum Gasteiger partial charge on any atom is 0.237 e. The van der Waals surface area contributed by atoms with Gasteiger partial charge in [0.25, 0.3) is 0 Å². The number of rotatable bonds is 6. The number of anilines is 1. The zero-order valence-corrected chi connectivity index (χ0v) is 20.4. The molecule has 4 aromatic rings. The topological polar surface area (TPSA) is 72.7 Å². The quantitative estimate of drug-likeness (QED) is 0.343. The number of halogens is 1. The number of hydrogen-bond donors (Lipinski definition) is 1. The number of nitrogens with one attached hydrogen (secondary N) is 1. The first-order chi connectivity index (χ1) is 15.8. The Balaban J connectivity index is 1.67. The molecule has 6 nitrogen and oxygen atoms in total. The van der Waals surface area contributed by atoms with Gasteiger partial charge in [0.05, 0.1) is 10.9 Å². The fraction of sp³-hybridized carbons (Fsp3) is 0.200. The zero-order chi connectivity index (χ0) is 23.5. The lowest BCUT2D eigenvalue weighted by atomic mass is 10.1. The largest absolute Gasteiger partial charge is 0.325 e. The first kappa shape index (κ1) is 23.0. The summed E-state index contributed by atoms with van der Waals surface area (Å²) in [5.41, 5.74) is 5.86. The second kappa shape index (κ2) is 9.77. The van der Waals surface area contributed by atoms with Crippen molar-refractivity contribution in [1.82, 2.24) is 19.7 Å². The Kier molecular flexibility index (Phi) is 6.81. The van der Waals surface area contributed by atoms with Crippen molar-refractivity contribution in [2.24, 2.45) is 0 Å². The van der Waals surface area contributed by atoms with Gasteiger partial charge in [0.2, 0.25) is 5.91 Å². The van der Waals surface area contributed by atoms with Crippen LogP contribution in [0.2, 0.25) is 5.02 Å². The third kappa shape index (κ3) is 5.10. The number of aryl methyl sites for hydroxylation is 3. The Morgan fingerprint density at radius 3 is 2.42 bits per heavy atom. The van der Waals surface area contributed by atoms with Gasteiger partial charge in [-0.05, 0) is 80.8 Å². The van der Waals surface area contributed by atoms with Crippen LogP contribution in [0.25, 0.3) is 17.1 Å². The molecule has 0 spiro atoms. The van der Waals surface area contributed by atoms with Gasteiger partial charge in [-0.1, -0.05) is 35.5 Å². The van der Waals surface area contributed by atoms with E-state index in [0.717, 1.165) is 16.8 Å². The maximum atomic E-state index is 13.0. The van der Waals surface area contributed by atoms with Crippen LogP contribution >= 0.6 is 23.4 Å². The molecule has 8 heteroatoms. The van der Waals surface area contributed by atoms with E-state index in [-0.39, 0.29) is 5.91 Å². The standard InChI is InChI=1S/C25H24ClN5OS/c1-15-6-8-21(13-17(15)3)31-23(19-9-11-27-12-10-19)29-30-25(31)33-18(4)24(32)28-22-14-20(26)7-5-16(22)2/h5-14,18H,1-4H3,(H,28,32). The summed E-state index contributed by atoms with van der Waals surface area (Å²) < 4.78 is 1.99. The number of nitrogens with zero attached hydrogens (tertiary/aromatic N) is 4. The summed E-state index contributed by atoms with van der Waals surface area (Å²) in [5.74, 6) is 0.562. The predicted molar refractivity (Wildman–Crippen MR) is 134 cm³/mol.